The zero-order valence-electron chi connectivity index (χ0n) is 7.52. The van der Waals surface area contributed by atoms with Crippen LogP contribution < -0.4 is 11.5 Å². The van der Waals surface area contributed by atoms with E-state index in [2.05, 4.69) is 10.2 Å². The molecule has 0 bridgehead atoms. The van der Waals surface area contributed by atoms with Crippen LogP contribution in [0.25, 0.3) is 0 Å². The Labute approximate surface area is 108 Å². The van der Waals surface area contributed by atoms with Gasteiger partial charge < -0.3 is 11.5 Å². The molecule has 0 saturated heterocycles. The maximum atomic E-state index is 5.78. The average molecular weight is 312 g/mol. The van der Waals surface area contributed by atoms with Crippen LogP contribution in [0.3, 0.4) is 0 Å². The van der Waals surface area contributed by atoms with Gasteiger partial charge in [0.1, 0.15) is 0 Å². The number of nitrogens with two attached hydrogens (primary N) is 2. The summed E-state index contributed by atoms with van der Waals surface area (Å²) in [5, 5.41) is 8.01. The molecule has 0 unspecified atom stereocenters. The van der Waals surface area contributed by atoms with Crippen molar-refractivity contribution in [2.24, 2.45) is 21.7 Å². The molecule has 0 heterocycles. The quantitative estimate of drug-likeness (QED) is 0.499. The van der Waals surface area contributed by atoms with E-state index in [9.17, 15) is 0 Å². The number of benzene rings is 1. The molecule has 0 spiro atoms. The molecule has 82 valence electrons. The second-order valence-electron chi connectivity index (χ2n) is 2.44. The summed E-state index contributed by atoms with van der Waals surface area (Å²) in [5.74, 6) is -0.0960. The first kappa shape index (κ1) is 14.2. The Morgan fingerprint density at radius 2 is 1.87 bits per heavy atom. The Balaban J connectivity index is 0.00000196. The van der Waals surface area contributed by atoms with Crippen molar-refractivity contribution < 1.29 is 0 Å². The summed E-state index contributed by atoms with van der Waals surface area (Å²) in [5.41, 5.74) is 10.9. The summed E-state index contributed by atoms with van der Waals surface area (Å²) in [6.07, 6.45) is 1.47. The maximum Gasteiger partial charge on any atom is 0.211 e. The van der Waals surface area contributed by atoms with Crippen molar-refractivity contribution in [1.29, 1.82) is 0 Å². The molecule has 0 aliphatic rings. The molecule has 0 aromatic heterocycles. The minimum absolute atomic E-state index is 0. The highest BCUT2D eigenvalue weighted by Crippen LogP contribution is 2.21. The molecule has 1 rings (SSSR count). The van der Waals surface area contributed by atoms with E-state index in [1.807, 2.05) is 0 Å². The van der Waals surface area contributed by atoms with Crippen molar-refractivity contribution in [3.63, 3.8) is 0 Å². The van der Waals surface area contributed by atoms with Crippen LogP contribution in [0.5, 0.6) is 0 Å². The summed E-state index contributed by atoms with van der Waals surface area (Å²) in [6.45, 7) is 0. The van der Waals surface area contributed by atoms with Gasteiger partial charge in [0.05, 0.1) is 16.3 Å². The molecule has 4 N–H and O–H groups in total. The predicted octanol–water partition coefficient (Wildman–Crippen LogP) is 2.18. The third-order valence-electron chi connectivity index (χ3n) is 1.32. The largest absolute Gasteiger partial charge is 0.369 e. The summed E-state index contributed by atoms with van der Waals surface area (Å²) in [4.78, 5) is 0. The second kappa shape index (κ2) is 6.66. The van der Waals surface area contributed by atoms with Crippen LogP contribution in [0, 0.1) is 0 Å². The monoisotopic (exact) mass is 310 g/mol. The van der Waals surface area contributed by atoms with Gasteiger partial charge in [0.2, 0.25) is 5.96 Å². The van der Waals surface area contributed by atoms with E-state index in [1.54, 1.807) is 18.2 Å². The van der Waals surface area contributed by atoms with Crippen molar-refractivity contribution >= 4 is 52.4 Å². The Morgan fingerprint density at radius 1 is 1.20 bits per heavy atom. The van der Waals surface area contributed by atoms with Crippen molar-refractivity contribution in [2.45, 2.75) is 0 Å². The Hall–Kier alpha value is -0.780. The van der Waals surface area contributed by atoms with Gasteiger partial charge in [0, 0.05) is 0 Å². The first-order valence-electron chi connectivity index (χ1n) is 3.66. The molecule has 1 aromatic rings. The fraction of sp³-hybridized carbons (Fsp3) is 0. The van der Waals surface area contributed by atoms with Crippen LogP contribution >= 0.6 is 40.2 Å². The van der Waals surface area contributed by atoms with Crippen LogP contribution in [0.1, 0.15) is 5.56 Å². The second-order valence-corrected chi connectivity index (χ2v) is 3.26. The highest BCUT2D eigenvalue weighted by Gasteiger charge is 1.96. The fourth-order valence-electron chi connectivity index (χ4n) is 0.755. The molecule has 4 nitrogen and oxygen atoms in total. The summed E-state index contributed by atoms with van der Waals surface area (Å²) in [6, 6.07) is 5.08. The Morgan fingerprint density at radius 3 is 2.40 bits per heavy atom. The maximum absolute atomic E-state index is 5.78. The molecule has 1 aromatic carbocycles. The topological polar surface area (TPSA) is 76.8 Å². The number of guanidine groups is 1. The Kier molecular flexibility index (Phi) is 6.31. The van der Waals surface area contributed by atoms with Gasteiger partial charge in [-0.2, -0.15) is 5.10 Å². The van der Waals surface area contributed by atoms with Gasteiger partial charge in [-0.05, 0) is 17.7 Å². The first-order valence-corrected chi connectivity index (χ1v) is 4.42. The van der Waals surface area contributed by atoms with Gasteiger partial charge in [-0.25, -0.2) is 0 Å². The van der Waals surface area contributed by atoms with Crippen LogP contribution in [-0.4, -0.2) is 12.2 Å². The molecule has 0 amide bonds. The van der Waals surface area contributed by atoms with E-state index < -0.39 is 0 Å². The van der Waals surface area contributed by atoms with Gasteiger partial charge in [-0.15, -0.1) is 22.1 Å². The third kappa shape index (κ3) is 5.01. The zero-order chi connectivity index (χ0) is 10.6. The fourth-order valence-corrected chi connectivity index (χ4v) is 1.06. The van der Waals surface area contributed by atoms with Crippen LogP contribution in [0.15, 0.2) is 28.4 Å². The Bertz CT molecular complexity index is 388. The normalized spacial score (nSPS) is 9.73. The zero-order valence-corrected chi connectivity index (χ0v) is 10.7. The third-order valence-corrected chi connectivity index (χ3v) is 2.06. The summed E-state index contributed by atoms with van der Waals surface area (Å²) < 4.78 is 0. The van der Waals surface area contributed by atoms with Crippen LogP contribution in [0.4, 0.5) is 0 Å². The number of rotatable bonds is 2. The first-order chi connectivity index (χ1) is 6.59. The molecule has 7 heteroatoms. The van der Waals surface area contributed by atoms with E-state index >= 15 is 0 Å². The van der Waals surface area contributed by atoms with Gasteiger partial charge in [-0.1, -0.05) is 29.3 Å². The SMILES string of the molecule is Br.NC(N)=NN=Cc1ccc(Cl)c(Cl)c1. The standard InChI is InChI=1S/C8H8Cl2N4.BrH/c9-6-2-1-5(3-7(6)10)4-13-14-8(11)12;/h1-4H,(H4,11,12,14);1H. The summed E-state index contributed by atoms with van der Waals surface area (Å²) >= 11 is 11.5. The lowest BCUT2D eigenvalue weighted by atomic mass is 10.2. The van der Waals surface area contributed by atoms with Gasteiger partial charge in [-0.3, -0.25) is 0 Å². The highest BCUT2D eigenvalue weighted by molar-refractivity contribution is 8.93. The van der Waals surface area contributed by atoms with E-state index in [1.165, 1.54) is 6.21 Å². The lowest BCUT2D eigenvalue weighted by Gasteiger charge is -1.95. The number of hydrogen-bond acceptors (Lipinski definition) is 2. The molecular weight excluding hydrogens is 303 g/mol. The molecular formula is C8H9BrCl2N4. The van der Waals surface area contributed by atoms with E-state index in [0.717, 1.165) is 5.56 Å². The van der Waals surface area contributed by atoms with Crippen LogP contribution in [-0.2, 0) is 0 Å². The number of halogens is 3. The van der Waals surface area contributed by atoms with Crippen LogP contribution in [0.2, 0.25) is 10.0 Å². The minimum atomic E-state index is -0.0960. The van der Waals surface area contributed by atoms with Gasteiger partial charge >= 0.3 is 0 Å². The molecule has 0 aliphatic carbocycles. The number of nitrogens with zero attached hydrogens (tertiary/aromatic N) is 2. The minimum Gasteiger partial charge on any atom is -0.369 e. The molecule has 0 atom stereocenters. The van der Waals surface area contributed by atoms with Gasteiger partial charge in [0.25, 0.3) is 0 Å². The molecule has 0 aliphatic heterocycles. The number of hydrogen-bond donors (Lipinski definition) is 2. The molecule has 0 radical (unpaired) electrons. The van der Waals surface area contributed by atoms with Gasteiger partial charge in [0.15, 0.2) is 0 Å². The van der Waals surface area contributed by atoms with E-state index in [-0.39, 0.29) is 22.9 Å². The molecule has 0 saturated carbocycles. The molecule has 0 fully saturated rings. The van der Waals surface area contributed by atoms with Crippen molar-refractivity contribution in [1.82, 2.24) is 0 Å². The lowest BCUT2D eigenvalue weighted by Crippen LogP contribution is -2.21. The highest BCUT2D eigenvalue weighted by atomic mass is 79.9. The molecule has 15 heavy (non-hydrogen) atoms. The predicted molar refractivity (Wildman–Crippen MR) is 70.2 cm³/mol. The lowest BCUT2D eigenvalue weighted by molar-refractivity contribution is 1.21. The van der Waals surface area contributed by atoms with Crippen molar-refractivity contribution in [3.05, 3.63) is 33.8 Å². The van der Waals surface area contributed by atoms with E-state index in [4.69, 9.17) is 34.7 Å². The smallest absolute Gasteiger partial charge is 0.211 e. The average Bonchev–Trinajstić information content (AvgIpc) is 2.10. The summed E-state index contributed by atoms with van der Waals surface area (Å²) in [7, 11) is 0. The van der Waals surface area contributed by atoms with Crippen molar-refractivity contribution in [2.75, 3.05) is 0 Å². The van der Waals surface area contributed by atoms with E-state index in [0.29, 0.717) is 10.0 Å². The van der Waals surface area contributed by atoms with Crippen molar-refractivity contribution in [3.8, 4) is 0 Å².